The van der Waals surface area contributed by atoms with E-state index in [2.05, 4.69) is 42.7 Å². The minimum Gasteiger partial charge on any atom is -0.356 e. The van der Waals surface area contributed by atoms with Crippen LogP contribution in [0.4, 0.5) is 0 Å². The van der Waals surface area contributed by atoms with Crippen molar-refractivity contribution in [3.8, 4) is 0 Å². The first-order valence-corrected chi connectivity index (χ1v) is 6.56. The lowest BCUT2D eigenvalue weighted by atomic mass is 9.71. The topological polar surface area (TPSA) is 41.1 Å². The lowest BCUT2D eigenvalue weighted by Crippen LogP contribution is -2.48. The number of piperidine rings is 1. The SMILES string of the molecule is CNCC1(c2ccc(C)cc2C)CCNC(=O)C1. The van der Waals surface area contributed by atoms with E-state index in [9.17, 15) is 4.79 Å². The third-order valence-corrected chi connectivity index (χ3v) is 3.89. The highest BCUT2D eigenvalue weighted by atomic mass is 16.1. The van der Waals surface area contributed by atoms with Crippen molar-refractivity contribution in [3.05, 3.63) is 34.9 Å². The van der Waals surface area contributed by atoms with Crippen LogP contribution < -0.4 is 10.6 Å². The van der Waals surface area contributed by atoms with E-state index >= 15 is 0 Å². The first-order valence-electron chi connectivity index (χ1n) is 6.56. The van der Waals surface area contributed by atoms with Gasteiger partial charge in [-0.25, -0.2) is 0 Å². The van der Waals surface area contributed by atoms with Crippen LogP contribution in [-0.4, -0.2) is 26.0 Å². The molecule has 2 rings (SSSR count). The molecule has 1 unspecified atom stereocenters. The van der Waals surface area contributed by atoms with Gasteiger partial charge in [0.1, 0.15) is 0 Å². The summed E-state index contributed by atoms with van der Waals surface area (Å²) in [7, 11) is 1.96. The molecule has 1 saturated heterocycles. The van der Waals surface area contributed by atoms with Crippen molar-refractivity contribution < 1.29 is 4.79 Å². The Kier molecular flexibility index (Phi) is 3.71. The summed E-state index contributed by atoms with van der Waals surface area (Å²) >= 11 is 0. The molecule has 2 N–H and O–H groups in total. The fourth-order valence-corrected chi connectivity index (χ4v) is 3.12. The second-order valence-corrected chi connectivity index (χ2v) is 5.41. The number of hydrogen-bond donors (Lipinski definition) is 2. The van der Waals surface area contributed by atoms with E-state index in [0.717, 1.165) is 19.5 Å². The molecule has 1 heterocycles. The summed E-state index contributed by atoms with van der Waals surface area (Å²) in [5.41, 5.74) is 3.84. The van der Waals surface area contributed by atoms with Gasteiger partial charge in [-0.1, -0.05) is 23.8 Å². The Bertz CT molecular complexity index is 452. The number of rotatable bonds is 3. The summed E-state index contributed by atoms with van der Waals surface area (Å²) in [6, 6.07) is 6.55. The fraction of sp³-hybridized carbons (Fsp3) is 0.533. The maximum absolute atomic E-state index is 11.8. The van der Waals surface area contributed by atoms with Gasteiger partial charge >= 0.3 is 0 Å². The van der Waals surface area contributed by atoms with Gasteiger partial charge in [0.05, 0.1) is 0 Å². The second-order valence-electron chi connectivity index (χ2n) is 5.41. The van der Waals surface area contributed by atoms with Crippen LogP contribution in [0.1, 0.15) is 29.5 Å². The Balaban J connectivity index is 2.42. The Morgan fingerprint density at radius 3 is 2.78 bits per heavy atom. The lowest BCUT2D eigenvalue weighted by molar-refractivity contribution is -0.124. The van der Waals surface area contributed by atoms with Crippen LogP contribution in [0.25, 0.3) is 0 Å². The largest absolute Gasteiger partial charge is 0.356 e. The molecule has 0 saturated carbocycles. The van der Waals surface area contributed by atoms with Gasteiger partial charge in [-0.05, 0) is 38.4 Å². The molecule has 3 heteroatoms. The third-order valence-electron chi connectivity index (χ3n) is 3.89. The summed E-state index contributed by atoms with van der Waals surface area (Å²) in [6.07, 6.45) is 1.58. The summed E-state index contributed by atoms with van der Waals surface area (Å²) in [5.74, 6) is 0.163. The molecule has 1 aliphatic heterocycles. The fourth-order valence-electron chi connectivity index (χ4n) is 3.12. The Morgan fingerprint density at radius 1 is 1.39 bits per heavy atom. The first-order chi connectivity index (χ1) is 8.57. The van der Waals surface area contributed by atoms with Crippen molar-refractivity contribution in [2.75, 3.05) is 20.1 Å². The molecule has 1 amide bonds. The number of amides is 1. The van der Waals surface area contributed by atoms with E-state index in [0.29, 0.717) is 6.42 Å². The van der Waals surface area contributed by atoms with Crippen LogP contribution in [0.15, 0.2) is 18.2 Å². The van der Waals surface area contributed by atoms with Crippen LogP contribution in [0.5, 0.6) is 0 Å². The average molecular weight is 246 g/mol. The minimum absolute atomic E-state index is 0.0468. The van der Waals surface area contributed by atoms with Gasteiger partial charge in [-0.15, -0.1) is 0 Å². The number of benzene rings is 1. The Morgan fingerprint density at radius 2 is 2.17 bits per heavy atom. The molecule has 0 radical (unpaired) electrons. The number of hydrogen-bond acceptors (Lipinski definition) is 2. The highest BCUT2D eigenvalue weighted by molar-refractivity contribution is 5.79. The van der Waals surface area contributed by atoms with Gasteiger partial charge in [-0.2, -0.15) is 0 Å². The van der Waals surface area contributed by atoms with Crippen LogP contribution in [-0.2, 0) is 10.2 Å². The molecule has 98 valence electrons. The number of likely N-dealkylation sites (N-methyl/N-ethyl adjacent to an activating group) is 1. The van der Waals surface area contributed by atoms with Gasteiger partial charge in [0.2, 0.25) is 5.91 Å². The van der Waals surface area contributed by atoms with E-state index in [-0.39, 0.29) is 11.3 Å². The standard InChI is InChI=1S/C15H22N2O/c1-11-4-5-13(12(2)8-11)15(10-16-3)6-7-17-14(18)9-15/h4-5,8,16H,6-7,9-10H2,1-3H3,(H,17,18). The van der Waals surface area contributed by atoms with E-state index in [1.54, 1.807) is 0 Å². The second kappa shape index (κ2) is 5.11. The van der Waals surface area contributed by atoms with Crippen LogP contribution >= 0.6 is 0 Å². The molecular formula is C15H22N2O. The molecular weight excluding hydrogens is 224 g/mol. The van der Waals surface area contributed by atoms with Crippen molar-refractivity contribution in [1.29, 1.82) is 0 Å². The zero-order valence-electron chi connectivity index (χ0n) is 11.5. The highest BCUT2D eigenvalue weighted by Crippen LogP contribution is 2.35. The molecule has 0 aliphatic carbocycles. The number of carbonyl (C=O) groups is 1. The number of carbonyl (C=O) groups excluding carboxylic acids is 1. The van der Waals surface area contributed by atoms with Crippen molar-refractivity contribution in [2.45, 2.75) is 32.1 Å². The molecule has 1 atom stereocenters. The summed E-state index contributed by atoms with van der Waals surface area (Å²) < 4.78 is 0. The maximum atomic E-state index is 11.8. The summed E-state index contributed by atoms with van der Waals surface area (Å²) in [5, 5.41) is 6.19. The quantitative estimate of drug-likeness (QED) is 0.852. The van der Waals surface area contributed by atoms with Gasteiger partial charge in [0, 0.05) is 24.9 Å². The zero-order valence-corrected chi connectivity index (χ0v) is 11.5. The van der Waals surface area contributed by atoms with Crippen LogP contribution in [0, 0.1) is 13.8 Å². The molecule has 1 aromatic rings. The highest BCUT2D eigenvalue weighted by Gasteiger charge is 2.37. The molecule has 0 spiro atoms. The van der Waals surface area contributed by atoms with Crippen LogP contribution in [0.3, 0.4) is 0 Å². The van der Waals surface area contributed by atoms with E-state index in [1.165, 1.54) is 16.7 Å². The molecule has 0 bridgehead atoms. The predicted octanol–water partition coefficient (Wildman–Crippen LogP) is 1.67. The van der Waals surface area contributed by atoms with Gasteiger partial charge in [0.25, 0.3) is 0 Å². The molecule has 0 aromatic heterocycles. The number of aryl methyl sites for hydroxylation is 2. The van der Waals surface area contributed by atoms with Crippen molar-refractivity contribution in [1.82, 2.24) is 10.6 Å². The third kappa shape index (κ3) is 2.41. The molecule has 3 nitrogen and oxygen atoms in total. The normalized spacial score (nSPS) is 23.8. The van der Waals surface area contributed by atoms with E-state index in [1.807, 2.05) is 7.05 Å². The number of nitrogens with one attached hydrogen (secondary N) is 2. The van der Waals surface area contributed by atoms with E-state index < -0.39 is 0 Å². The molecule has 1 aliphatic rings. The minimum atomic E-state index is -0.0468. The Labute approximate surface area is 109 Å². The van der Waals surface area contributed by atoms with Crippen molar-refractivity contribution in [2.24, 2.45) is 0 Å². The van der Waals surface area contributed by atoms with Gasteiger partial charge in [0.15, 0.2) is 0 Å². The maximum Gasteiger partial charge on any atom is 0.220 e. The smallest absolute Gasteiger partial charge is 0.220 e. The Hall–Kier alpha value is -1.35. The average Bonchev–Trinajstić information content (AvgIpc) is 2.28. The van der Waals surface area contributed by atoms with Gasteiger partial charge in [-0.3, -0.25) is 4.79 Å². The summed E-state index contributed by atoms with van der Waals surface area (Å²) in [6.45, 7) is 5.87. The van der Waals surface area contributed by atoms with Crippen LogP contribution in [0.2, 0.25) is 0 Å². The predicted molar refractivity (Wildman–Crippen MR) is 73.8 cm³/mol. The van der Waals surface area contributed by atoms with Gasteiger partial charge < -0.3 is 10.6 Å². The zero-order chi connectivity index (χ0) is 13.2. The molecule has 18 heavy (non-hydrogen) atoms. The summed E-state index contributed by atoms with van der Waals surface area (Å²) in [4.78, 5) is 11.8. The first kappa shape index (κ1) is 13.1. The van der Waals surface area contributed by atoms with Crippen molar-refractivity contribution in [3.63, 3.8) is 0 Å². The van der Waals surface area contributed by atoms with E-state index in [4.69, 9.17) is 0 Å². The molecule has 1 aromatic carbocycles. The lowest BCUT2D eigenvalue weighted by Gasteiger charge is -2.38. The molecule has 1 fully saturated rings. The van der Waals surface area contributed by atoms with Crippen molar-refractivity contribution >= 4 is 5.91 Å². The monoisotopic (exact) mass is 246 g/mol.